The summed E-state index contributed by atoms with van der Waals surface area (Å²) in [4.78, 5) is 8.74. The van der Waals surface area contributed by atoms with Gasteiger partial charge in [0.05, 0.1) is 25.8 Å². The Labute approximate surface area is 191 Å². The number of unbranched alkanes of at least 4 members (excludes halogenated alkanes) is 1. The van der Waals surface area contributed by atoms with E-state index in [9.17, 15) is 0 Å². The van der Waals surface area contributed by atoms with Crippen molar-refractivity contribution in [3.63, 3.8) is 0 Å². The fraction of sp³-hybridized carbons (Fsp3) is 0.750. The summed E-state index contributed by atoms with van der Waals surface area (Å²) < 4.78 is 11.1. The summed E-state index contributed by atoms with van der Waals surface area (Å²) in [6, 6.07) is 4.66. The molecule has 28 heavy (non-hydrogen) atoms. The van der Waals surface area contributed by atoms with Crippen LogP contribution in [-0.2, 0) is 9.47 Å². The third kappa shape index (κ3) is 9.87. The van der Waals surface area contributed by atoms with Crippen LogP contribution in [0.15, 0.2) is 22.5 Å². The second kappa shape index (κ2) is 16.4. The van der Waals surface area contributed by atoms with E-state index in [1.165, 1.54) is 11.3 Å². The average molecular weight is 525 g/mol. The molecule has 0 aromatic carbocycles. The number of nitrogens with one attached hydrogen (secondary N) is 2. The lowest BCUT2D eigenvalue weighted by molar-refractivity contribution is 0.0186. The minimum Gasteiger partial charge on any atom is -0.381 e. The summed E-state index contributed by atoms with van der Waals surface area (Å²) in [5.74, 6) is 0.890. The highest BCUT2D eigenvalue weighted by atomic mass is 127. The van der Waals surface area contributed by atoms with E-state index >= 15 is 0 Å². The molecule has 1 aliphatic rings. The zero-order valence-electron chi connectivity index (χ0n) is 17.3. The van der Waals surface area contributed by atoms with Crippen LogP contribution in [0.1, 0.15) is 44.0 Å². The molecule has 1 saturated heterocycles. The molecule has 6 nitrogen and oxygen atoms in total. The number of nitrogens with zero attached hydrogens (tertiary/aromatic N) is 2. The number of hydrogen-bond acceptors (Lipinski definition) is 5. The van der Waals surface area contributed by atoms with Crippen molar-refractivity contribution in [2.75, 3.05) is 59.2 Å². The highest BCUT2D eigenvalue weighted by Gasteiger charge is 2.23. The second-order valence-corrected chi connectivity index (χ2v) is 7.62. The van der Waals surface area contributed by atoms with Crippen molar-refractivity contribution in [2.45, 2.75) is 39.2 Å². The van der Waals surface area contributed by atoms with Gasteiger partial charge in [-0.15, -0.1) is 35.3 Å². The number of ether oxygens (including phenoxy) is 2. The van der Waals surface area contributed by atoms with Gasteiger partial charge in [0.25, 0.3) is 0 Å². The number of morpholine rings is 1. The minimum absolute atomic E-state index is 0. The van der Waals surface area contributed by atoms with Gasteiger partial charge in [-0.2, -0.15) is 0 Å². The lowest BCUT2D eigenvalue weighted by Gasteiger charge is -2.33. The Balaban J connectivity index is 0.00000392. The van der Waals surface area contributed by atoms with E-state index in [1.807, 2.05) is 11.3 Å². The molecule has 0 radical (unpaired) electrons. The molecule has 0 spiro atoms. The summed E-state index contributed by atoms with van der Waals surface area (Å²) in [5, 5.41) is 8.94. The van der Waals surface area contributed by atoms with Crippen molar-refractivity contribution in [1.82, 2.24) is 15.5 Å². The number of halogens is 1. The molecule has 2 heterocycles. The smallest absolute Gasteiger partial charge is 0.191 e. The lowest BCUT2D eigenvalue weighted by atomic mass is 10.2. The van der Waals surface area contributed by atoms with Crippen LogP contribution < -0.4 is 10.6 Å². The Bertz CT molecular complexity index is 510. The zero-order chi connectivity index (χ0) is 19.2. The summed E-state index contributed by atoms with van der Waals surface area (Å²) in [5.41, 5.74) is 0. The van der Waals surface area contributed by atoms with E-state index in [2.05, 4.69) is 46.9 Å². The van der Waals surface area contributed by atoms with Gasteiger partial charge in [0.15, 0.2) is 5.96 Å². The van der Waals surface area contributed by atoms with Crippen LogP contribution in [0.25, 0.3) is 0 Å². The van der Waals surface area contributed by atoms with Crippen molar-refractivity contribution in [1.29, 1.82) is 0 Å². The lowest BCUT2D eigenvalue weighted by Crippen LogP contribution is -2.41. The Morgan fingerprint density at radius 1 is 1.25 bits per heavy atom. The van der Waals surface area contributed by atoms with Crippen molar-refractivity contribution in [3.8, 4) is 0 Å². The predicted octanol–water partition coefficient (Wildman–Crippen LogP) is 3.50. The number of thiophene rings is 1. The van der Waals surface area contributed by atoms with E-state index in [1.54, 1.807) is 0 Å². The van der Waals surface area contributed by atoms with Gasteiger partial charge in [-0.25, -0.2) is 0 Å². The van der Waals surface area contributed by atoms with Crippen LogP contribution in [0.2, 0.25) is 0 Å². The van der Waals surface area contributed by atoms with Crippen LogP contribution in [-0.4, -0.2) is 70.0 Å². The van der Waals surface area contributed by atoms with Crippen LogP contribution in [0.3, 0.4) is 0 Å². The van der Waals surface area contributed by atoms with E-state index < -0.39 is 0 Å². The first kappa shape index (κ1) is 25.6. The summed E-state index contributed by atoms with van der Waals surface area (Å²) in [6.45, 7) is 12.0. The van der Waals surface area contributed by atoms with E-state index in [0.717, 1.165) is 78.0 Å². The molecule has 0 aliphatic carbocycles. The molecular weight excluding hydrogens is 487 g/mol. The molecule has 2 N–H and O–H groups in total. The number of guanidine groups is 1. The molecule has 1 aromatic heterocycles. The van der Waals surface area contributed by atoms with Gasteiger partial charge in [0.1, 0.15) is 0 Å². The molecule has 1 unspecified atom stereocenters. The quantitative estimate of drug-likeness (QED) is 0.190. The highest BCUT2D eigenvalue weighted by Crippen LogP contribution is 2.26. The van der Waals surface area contributed by atoms with E-state index in [-0.39, 0.29) is 24.0 Å². The number of rotatable bonds is 12. The molecule has 8 heteroatoms. The Hall–Kier alpha value is -0.420. The normalized spacial score (nSPS) is 16.4. The molecular formula is C20H37IN4O2S. The van der Waals surface area contributed by atoms with Gasteiger partial charge in [-0.3, -0.25) is 9.89 Å². The van der Waals surface area contributed by atoms with Gasteiger partial charge in [-0.1, -0.05) is 19.4 Å². The minimum atomic E-state index is 0. The molecule has 0 saturated carbocycles. The van der Waals surface area contributed by atoms with Gasteiger partial charge >= 0.3 is 0 Å². The van der Waals surface area contributed by atoms with Crippen molar-refractivity contribution < 1.29 is 9.47 Å². The maximum atomic E-state index is 5.62. The van der Waals surface area contributed by atoms with Crippen LogP contribution >= 0.6 is 35.3 Å². The zero-order valence-corrected chi connectivity index (χ0v) is 20.5. The molecule has 162 valence electrons. The van der Waals surface area contributed by atoms with Crippen LogP contribution in [0, 0.1) is 0 Å². The van der Waals surface area contributed by atoms with Gasteiger partial charge in [0.2, 0.25) is 0 Å². The van der Waals surface area contributed by atoms with Crippen molar-refractivity contribution in [2.24, 2.45) is 4.99 Å². The average Bonchev–Trinajstić information content (AvgIpc) is 3.22. The number of aliphatic imine (C=N–C) groups is 1. The number of hydrogen-bond donors (Lipinski definition) is 2. The van der Waals surface area contributed by atoms with Gasteiger partial charge in [-0.05, 0) is 31.2 Å². The summed E-state index contributed by atoms with van der Waals surface area (Å²) >= 11 is 1.81. The van der Waals surface area contributed by atoms with Crippen molar-refractivity contribution >= 4 is 41.3 Å². The third-order valence-electron chi connectivity index (χ3n) is 4.52. The maximum absolute atomic E-state index is 5.62. The molecule has 1 aliphatic heterocycles. The first-order chi connectivity index (χ1) is 13.3. The third-order valence-corrected chi connectivity index (χ3v) is 5.50. The van der Waals surface area contributed by atoms with E-state index in [4.69, 9.17) is 14.5 Å². The van der Waals surface area contributed by atoms with E-state index in [0.29, 0.717) is 6.04 Å². The van der Waals surface area contributed by atoms with Crippen molar-refractivity contribution in [3.05, 3.63) is 22.4 Å². The topological polar surface area (TPSA) is 58.1 Å². The predicted molar refractivity (Wildman–Crippen MR) is 129 cm³/mol. The molecule has 1 fully saturated rings. The van der Waals surface area contributed by atoms with Crippen LogP contribution in [0.4, 0.5) is 0 Å². The van der Waals surface area contributed by atoms with Crippen LogP contribution in [0.5, 0.6) is 0 Å². The Kier molecular flexibility index (Phi) is 15.0. The van der Waals surface area contributed by atoms with Gasteiger partial charge in [0, 0.05) is 44.3 Å². The Morgan fingerprint density at radius 2 is 2.04 bits per heavy atom. The summed E-state index contributed by atoms with van der Waals surface area (Å²) in [7, 11) is 0. The largest absolute Gasteiger partial charge is 0.381 e. The summed E-state index contributed by atoms with van der Waals surface area (Å²) in [6.07, 6.45) is 3.32. The second-order valence-electron chi connectivity index (χ2n) is 6.65. The fourth-order valence-electron chi connectivity index (χ4n) is 3.00. The molecule has 0 bridgehead atoms. The van der Waals surface area contributed by atoms with Gasteiger partial charge < -0.3 is 20.1 Å². The molecule has 1 atom stereocenters. The monoisotopic (exact) mass is 524 g/mol. The Morgan fingerprint density at radius 3 is 2.71 bits per heavy atom. The standard InChI is InChI=1S/C20H36N4O2S.HI/c1-3-5-12-25-13-7-9-22-20(21-4-2)23-17-18(19-8-6-16-27-19)24-10-14-26-15-11-24;/h6,8,16,18H,3-5,7,9-15,17H2,1-2H3,(H2,21,22,23);1H. The molecule has 1 aromatic rings. The first-order valence-electron chi connectivity index (χ1n) is 10.3. The fourth-order valence-corrected chi connectivity index (χ4v) is 3.86. The highest BCUT2D eigenvalue weighted by molar-refractivity contribution is 14.0. The first-order valence-corrected chi connectivity index (χ1v) is 11.2. The SMILES string of the molecule is CCCCOCCCNC(=NCC(c1cccs1)N1CCOCC1)NCC.I. The maximum Gasteiger partial charge on any atom is 0.191 e. The molecule has 0 amide bonds. The molecule has 2 rings (SSSR count).